The molecule has 0 fully saturated rings. The highest BCUT2D eigenvalue weighted by atomic mass is 35.5. The maximum absolute atomic E-state index is 5.71. The minimum absolute atomic E-state index is 0.481. The topological polar surface area (TPSA) is 12.4 Å². The fourth-order valence-electron chi connectivity index (χ4n) is 0.583. The molecule has 8 heavy (non-hydrogen) atoms. The van der Waals surface area contributed by atoms with Crippen molar-refractivity contribution in [2.75, 3.05) is 0 Å². The van der Waals surface area contributed by atoms with E-state index in [-0.39, 0.29) is 0 Å². The Bertz CT molecular complexity index is 137. The van der Waals surface area contributed by atoms with E-state index in [0.29, 0.717) is 5.92 Å². The summed E-state index contributed by atoms with van der Waals surface area (Å²) in [7, 11) is 0. The second kappa shape index (κ2) is 2.31. The lowest BCUT2D eigenvalue weighted by Gasteiger charge is -2.07. The van der Waals surface area contributed by atoms with E-state index in [1.807, 2.05) is 6.21 Å². The molecule has 0 spiro atoms. The first kappa shape index (κ1) is 5.83. The van der Waals surface area contributed by atoms with Crippen LogP contribution in [0.1, 0.15) is 13.3 Å². The summed E-state index contributed by atoms with van der Waals surface area (Å²) in [5.74, 6) is 0.481. The lowest BCUT2D eigenvalue weighted by molar-refractivity contribution is 0.748. The molecule has 1 nitrogen and oxygen atoms in total. The van der Waals surface area contributed by atoms with Gasteiger partial charge in [-0.05, 0) is 12.3 Å². The molecule has 2 heteroatoms. The summed E-state index contributed by atoms with van der Waals surface area (Å²) in [5, 5.41) is 0.868. The highest BCUT2D eigenvalue weighted by Gasteiger charge is 2.06. The Kier molecular flexibility index (Phi) is 1.69. The van der Waals surface area contributed by atoms with Gasteiger partial charge in [-0.15, -0.1) is 0 Å². The summed E-state index contributed by atoms with van der Waals surface area (Å²) in [6, 6.07) is 0. The molecule has 1 unspecified atom stereocenters. The lowest BCUT2D eigenvalue weighted by Crippen LogP contribution is -1.98. The Labute approximate surface area is 54.1 Å². The van der Waals surface area contributed by atoms with Crippen molar-refractivity contribution < 1.29 is 0 Å². The minimum Gasteiger partial charge on any atom is -0.268 e. The Morgan fingerprint density at radius 3 is 3.00 bits per heavy atom. The molecule has 1 aliphatic rings. The quantitative estimate of drug-likeness (QED) is 0.476. The van der Waals surface area contributed by atoms with Crippen molar-refractivity contribution in [2.24, 2.45) is 10.9 Å². The molecule has 1 heterocycles. The number of halogens is 1. The molecular weight excluding hydrogens is 122 g/mol. The number of allylic oxidation sites excluding steroid dienone is 1. The molecule has 1 aliphatic heterocycles. The first-order valence-corrected chi connectivity index (χ1v) is 3.05. The molecule has 0 aromatic heterocycles. The predicted molar refractivity (Wildman–Crippen MR) is 36.2 cm³/mol. The number of aliphatic imine (C=N–C) groups is 1. The van der Waals surface area contributed by atoms with Crippen LogP contribution in [-0.2, 0) is 0 Å². The Morgan fingerprint density at radius 1 is 1.88 bits per heavy atom. The average Bonchev–Trinajstić information content (AvgIpc) is 1.77. The zero-order chi connectivity index (χ0) is 5.98. The number of rotatable bonds is 0. The van der Waals surface area contributed by atoms with Crippen molar-refractivity contribution in [1.82, 2.24) is 0 Å². The molecule has 0 amide bonds. The third-order valence-electron chi connectivity index (χ3n) is 1.23. The second-order valence-corrected chi connectivity index (χ2v) is 2.42. The summed E-state index contributed by atoms with van der Waals surface area (Å²) in [6.45, 7) is 2.09. The maximum Gasteiger partial charge on any atom is 0.0412 e. The van der Waals surface area contributed by atoms with Gasteiger partial charge in [0.25, 0.3) is 0 Å². The molecule has 0 N–H and O–H groups in total. The first-order valence-electron chi connectivity index (χ1n) is 2.68. The van der Waals surface area contributed by atoms with Crippen molar-refractivity contribution in [3.05, 3.63) is 11.2 Å². The minimum atomic E-state index is 0.481. The summed E-state index contributed by atoms with van der Waals surface area (Å²) in [4.78, 5) is 3.89. The highest BCUT2D eigenvalue weighted by molar-refractivity contribution is 6.30. The monoisotopic (exact) mass is 129 g/mol. The van der Waals surface area contributed by atoms with Crippen LogP contribution in [0, 0.1) is 5.92 Å². The van der Waals surface area contributed by atoms with E-state index in [4.69, 9.17) is 11.6 Å². The van der Waals surface area contributed by atoms with E-state index in [9.17, 15) is 0 Å². The van der Waals surface area contributed by atoms with Crippen LogP contribution in [0.25, 0.3) is 0 Å². The molecule has 0 bridgehead atoms. The van der Waals surface area contributed by atoms with Gasteiger partial charge in [0.1, 0.15) is 0 Å². The summed E-state index contributed by atoms with van der Waals surface area (Å²) in [5.41, 5.74) is 0. The van der Waals surface area contributed by atoms with Gasteiger partial charge in [0.15, 0.2) is 0 Å². The zero-order valence-corrected chi connectivity index (χ0v) is 5.52. The highest BCUT2D eigenvalue weighted by Crippen LogP contribution is 2.19. The molecule has 0 aliphatic carbocycles. The van der Waals surface area contributed by atoms with Crippen LogP contribution in [0.4, 0.5) is 0 Å². The van der Waals surface area contributed by atoms with Crippen molar-refractivity contribution >= 4 is 17.8 Å². The average molecular weight is 130 g/mol. The van der Waals surface area contributed by atoms with Gasteiger partial charge in [-0.3, -0.25) is 4.99 Å². The van der Waals surface area contributed by atoms with Gasteiger partial charge in [-0.25, -0.2) is 0 Å². The molecule has 1 rings (SSSR count). The van der Waals surface area contributed by atoms with Crippen molar-refractivity contribution in [1.29, 1.82) is 0 Å². The number of nitrogens with zero attached hydrogens (tertiary/aromatic N) is 1. The molecule has 0 radical (unpaired) electrons. The number of hydrogen-bond donors (Lipinski definition) is 0. The fraction of sp³-hybridized carbons (Fsp3) is 0.500. The Morgan fingerprint density at radius 2 is 2.62 bits per heavy atom. The van der Waals surface area contributed by atoms with E-state index in [1.165, 1.54) is 0 Å². The number of hydrogen-bond acceptors (Lipinski definition) is 1. The molecule has 0 aromatic rings. The lowest BCUT2D eigenvalue weighted by atomic mass is 10.1. The molecule has 0 saturated heterocycles. The summed E-state index contributed by atoms with van der Waals surface area (Å²) >= 11 is 5.71. The third kappa shape index (κ3) is 1.10. The molecular formula is C6H8ClN. The molecule has 0 saturated carbocycles. The summed E-state index contributed by atoms with van der Waals surface area (Å²) < 4.78 is 0. The normalized spacial score (nSPS) is 27.8. The van der Waals surface area contributed by atoms with Crippen LogP contribution in [0.15, 0.2) is 16.2 Å². The van der Waals surface area contributed by atoms with E-state index in [1.54, 1.807) is 6.20 Å². The van der Waals surface area contributed by atoms with Gasteiger partial charge in [0.2, 0.25) is 0 Å². The molecule has 0 aromatic carbocycles. The van der Waals surface area contributed by atoms with Crippen LogP contribution in [0.3, 0.4) is 0 Å². The van der Waals surface area contributed by atoms with Gasteiger partial charge in [0, 0.05) is 17.4 Å². The van der Waals surface area contributed by atoms with E-state index in [0.717, 1.165) is 11.5 Å². The van der Waals surface area contributed by atoms with Crippen LogP contribution in [0.2, 0.25) is 0 Å². The van der Waals surface area contributed by atoms with Crippen LogP contribution < -0.4 is 0 Å². The van der Waals surface area contributed by atoms with Gasteiger partial charge < -0.3 is 0 Å². The summed E-state index contributed by atoms with van der Waals surface area (Å²) in [6.07, 6.45) is 4.57. The zero-order valence-electron chi connectivity index (χ0n) is 4.76. The van der Waals surface area contributed by atoms with Crippen LogP contribution >= 0.6 is 11.6 Å². The van der Waals surface area contributed by atoms with Gasteiger partial charge in [0.05, 0.1) is 0 Å². The van der Waals surface area contributed by atoms with Crippen LogP contribution in [-0.4, -0.2) is 6.21 Å². The van der Waals surface area contributed by atoms with Crippen molar-refractivity contribution in [3.63, 3.8) is 0 Å². The SMILES string of the molecule is CC1CC=NC=C1Cl. The van der Waals surface area contributed by atoms with Crippen LogP contribution in [0.5, 0.6) is 0 Å². The fourth-order valence-corrected chi connectivity index (χ4v) is 0.728. The second-order valence-electron chi connectivity index (χ2n) is 1.98. The van der Waals surface area contributed by atoms with Gasteiger partial charge >= 0.3 is 0 Å². The van der Waals surface area contributed by atoms with Crippen molar-refractivity contribution in [3.8, 4) is 0 Å². The van der Waals surface area contributed by atoms with E-state index < -0.39 is 0 Å². The first-order chi connectivity index (χ1) is 3.80. The van der Waals surface area contributed by atoms with Gasteiger partial charge in [-0.2, -0.15) is 0 Å². The Hall–Kier alpha value is -0.300. The van der Waals surface area contributed by atoms with E-state index in [2.05, 4.69) is 11.9 Å². The van der Waals surface area contributed by atoms with Crippen molar-refractivity contribution in [2.45, 2.75) is 13.3 Å². The Balaban J connectivity index is 2.66. The molecule has 1 atom stereocenters. The van der Waals surface area contributed by atoms with Gasteiger partial charge in [-0.1, -0.05) is 18.5 Å². The predicted octanol–water partition coefficient (Wildman–Crippen LogP) is 2.18. The maximum atomic E-state index is 5.71. The molecule has 44 valence electrons. The standard InChI is InChI=1S/C6H8ClN/c1-5-2-3-8-4-6(5)7/h3-5H,2H2,1H3. The largest absolute Gasteiger partial charge is 0.268 e. The third-order valence-corrected chi connectivity index (χ3v) is 1.70. The van der Waals surface area contributed by atoms with E-state index >= 15 is 0 Å². The smallest absolute Gasteiger partial charge is 0.0412 e.